The fourth-order valence-electron chi connectivity index (χ4n) is 2.70. The monoisotopic (exact) mass is 265 g/mol. The van der Waals surface area contributed by atoms with Gasteiger partial charge < -0.3 is 10.0 Å². The fourth-order valence-corrected chi connectivity index (χ4v) is 2.70. The van der Waals surface area contributed by atoms with Gasteiger partial charge in [0.05, 0.1) is 17.7 Å². The molecule has 1 aromatic carbocycles. The van der Waals surface area contributed by atoms with Crippen LogP contribution in [0.5, 0.6) is 0 Å². The van der Waals surface area contributed by atoms with Gasteiger partial charge >= 0.3 is 0 Å². The molecule has 0 saturated heterocycles. The summed E-state index contributed by atoms with van der Waals surface area (Å²) >= 11 is 0. The molecule has 1 fully saturated rings. The van der Waals surface area contributed by atoms with Crippen molar-refractivity contribution in [2.24, 2.45) is 0 Å². The van der Waals surface area contributed by atoms with E-state index in [0.717, 1.165) is 19.3 Å². The summed E-state index contributed by atoms with van der Waals surface area (Å²) in [6.07, 6.45) is 2.96. The molecule has 0 heterocycles. The zero-order chi connectivity index (χ0) is 14.0. The number of aryl methyl sites for hydroxylation is 1. The summed E-state index contributed by atoms with van der Waals surface area (Å²) in [5, 5.41) is 9.97. The van der Waals surface area contributed by atoms with Crippen LogP contribution in [0.2, 0.25) is 0 Å². The Bertz CT molecular complexity index is 475. The van der Waals surface area contributed by atoms with Crippen LogP contribution in [0.1, 0.15) is 41.6 Å². The fraction of sp³-hybridized carbons (Fsp3) is 0.533. The molecule has 0 aliphatic heterocycles. The van der Waals surface area contributed by atoms with E-state index in [-0.39, 0.29) is 17.5 Å². The summed E-state index contributed by atoms with van der Waals surface area (Å²) in [6.45, 7) is 1.64. The minimum Gasteiger partial charge on any atom is -0.391 e. The highest BCUT2D eigenvalue weighted by molar-refractivity contribution is 5.94. The Balaban J connectivity index is 2.21. The number of amides is 1. The number of halogens is 1. The molecule has 2 atom stereocenters. The van der Waals surface area contributed by atoms with E-state index >= 15 is 0 Å². The van der Waals surface area contributed by atoms with E-state index in [1.807, 2.05) is 0 Å². The molecule has 0 radical (unpaired) electrons. The lowest BCUT2D eigenvalue weighted by atomic mass is 9.91. The zero-order valence-electron chi connectivity index (χ0n) is 11.4. The SMILES string of the molecule is Cc1cccc(C(=O)N(C)C2CCCCC2O)c1F. The number of carbonyl (C=O) groups is 1. The molecule has 4 heteroatoms. The Morgan fingerprint density at radius 3 is 2.74 bits per heavy atom. The Morgan fingerprint density at radius 2 is 2.05 bits per heavy atom. The minimum absolute atomic E-state index is 0.0836. The van der Waals surface area contributed by atoms with Gasteiger partial charge in [-0.1, -0.05) is 25.0 Å². The summed E-state index contributed by atoms with van der Waals surface area (Å²) in [6, 6.07) is 4.61. The highest BCUT2D eigenvalue weighted by Gasteiger charge is 2.30. The first-order valence-corrected chi connectivity index (χ1v) is 6.72. The quantitative estimate of drug-likeness (QED) is 0.892. The van der Waals surface area contributed by atoms with E-state index in [0.29, 0.717) is 12.0 Å². The molecule has 3 nitrogen and oxygen atoms in total. The third-order valence-electron chi connectivity index (χ3n) is 3.93. The Morgan fingerprint density at radius 1 is 1.37 bits per heavy atom. The zero-order valence-corrected chi connectivity index (χ0v) is 11.4. The molecule has 1 saturated carbocycles. The van der Waals surface area contributed by atoms with Crippen molar-refractivity contribution in [1.29, 1.82) is 0 Å². The topological polar surface area (TPSA) is 40.5 Å². The third-order valence-corrected chi connectivity index (χ3v) is 3.93. The molecule has 1 aromatic rings. The van der Waals surface area contributed by atoms with Crippen molar-refractivity contribution in [1.82, 2.24) is 4.90 Å². The van der Waals surface area contributed by atoms with Crippen LogP contribution in [0.3, 0.4) is 0 Å². The Hall–Kier alpha value is -1.42. The van der Waals surface area contributed by atoms with E-state index in [4.69, 9.17) is 0 Å². The molecular weight excluding hydrogens is 245 g/mol. The van der Waals surface area contributed by atoms with Crippen LogP contribution < -0.4 is 0 Å². The number of aliphatic hydroxyl groups is 1. The van der Waals surface area contributed by atoms with Crippen LogP contribution in [0, 0.1) is 12.7 Å². The predicted octanol–water partition coefficient (Wildman–Crippen LogP) is 2.51. The molecule has 19 heavy (non-hydrogen) atoms. The van der Waals surface area contributed by atoms with E-state index in [9.17, 15) is 14.3 Å². The molecular formula is C15H20FNO2. The number of benzene rings is 1. The second-order valence-electron chi connectivity index (χ2n) is 5.27. The number of hydrogen-bond acceptors (Lipinski definition) is 2. The maximum Gasteiger partial charge on any atom is 0.256 e. The first kappa shape index (κ1) is 14.0. The van der Waals surface area contributed by atoms with Crippen molar-refractivity contribution in [3.05, 3.63) is 35.1 Å². The van der Waals surface area contributed by atoms with Gasteiger partial charge in [0.1, 0.15) is 5.82 Å². The van der Waals surface area contributed by atoms with Gasteiger partial charge in [-0.2, -0.15) is 0 Å². The number of likely N-dealkylation sites (N-methyl/N-ethyl adjacent to an activating group) is 1. The highest BCUT2D eigenvalue weighted by Crippen LogP contribution is 2.24. The molecule has 2 unspecified atom stereocenters. The van der Waals surface area contributed by atoms with Crippen molar-refractivity contribution in [3.8, 4) is 0 Å². The second-order valence-corrected chi connectivity index (χ2v) is 5.27. The van der Waals surface area contributed by atoms with Gasteiger partial charge in [-0.05, 0) is 31.4 Å². The van der Waals surface area contributed by atoms with Gasteiger partial charge in [0.2, 0.25) is 0 Å². The maximum atomic E-state index is 14.0. The highest BCUT2D eigenvalue weighted by atomic mass is 19.1. The molecule has 0 aromatic heterocycles. The van der Waals surface area contributed by atoms with Crippen LogP contribution >= 0.6 is 0 Å². The molecule has 104 valence electrons. The average Bonchev–Trinajstić information content (AvgIpc) is 2.41. The van der Waals surface area contributed by atoms with Gasteiger partial charge in [-0.15, -0.1) is 0 Å². The first-order valence-electron chi connectivity index (χ1n) is 6.72. The Labute approximate surface area is 113 Å². The summed E-state index contributed by atoms with van der Waals surface area (Å²) in [5.74, 6) is -0.822. The summed E-state index contributed by atoms with van der Waals surface area (Å²) in [7, 11) is 1.64. The van der Waals surface area contributed by atoms with E-state index in [1.54, 1.807) is 26.1 Å². The average molecular weight is 265 g/mol. The van der Waals surface area contributed by atoms with Gasteiger partial charge in [-0.3, -0.25) is 4.79 Å². The van der Waals surface area contributed by atoms with E-state index in [1.165, 1.54) is 11.0 Å². The van der Waals surface area contributed by atoms with E-state index in [2.05, 4.69) is 0 Å². The van der Waals surface area contributed by atoms with Gasteiger partial charge in [0.25, 0.3) is 5.91 Å². The van der Waals surface area contributed by atoms with Crippen LogP contribution in [0.15, 0.2) is 18.2 Å². The van der Waals surface area contributed by atoms with Crippen LogP contribution in [0.25, 0.3) is 0 Å². The normalized spacial score (nSPS) is 23.2. The van der Waals surface area contributed by atoms with Gasteiger partial charge in [0, 0.05) is 7.05 Å². The van der Waals surface area contributed by atoms with Crippen molar-refractivity contribution in [3.63, 3.8) is 0 Å². The van der Waals surface area contributed by atoms with Crippen LogP contribution in [-0.4, -0.2) is 35.1 Å². The smallest absolute Gasteiger partial charge is 0.256 e. The lowest BCUT2D eigenvalue weighted by Crippen LogP contribution is -2.46. The number of hydrogen-bond donors (Lipinski definition) is 1. The summed E-state index contributed by atoms with van der Waals surface area (Å²) < 4.78 is 14.0. The van der Waals surface area contributed by atoms with Crippen molar-refractivity contribution >= 4 is 5.91 Å². The van der Waals surface area contributed by atoms with Gasteiger partial charge in [0.15, 0.2) is 0 Å². The molecule has 0 bridgehead atoms. The molecule has 0 spiro atoms. The third kappa shape index (κ3) is 2.78. The minimum atomic E-state index is -0.504. The van der Waals surface area contributed by atoms with Crippen molar-refractivity contribution in [2.75, 3.05) is 7.05 Å². The predicted molar refractivity (Wildman–Crippen MR) is 71.5 cm³/mol. The standard InChI is InChI=1S/C15H20FNO2/c1-10-6-5-7-11(14(10)16)15(19)17(2)12-8-3-4-9-13(12)18/h5-7,12-13,18H,3-4,8-9H2,1-2H3. The molecule has 2 rings (SSSR count). The number of aliphatic hydroxyl groups excluding tert-OH is 1. The van der Waals surface area contributed by atoms with Crippen molar-refractivity contribution < 1.29 is 14.3 Å². The largest absolute Gasteiger partial charge is 0.391 e. The van der Waals surface area contributed by atoms with Crippen LogP contribution in [-0.2, 0) is 0 Å². The molecule has 1 N–H and O–H groups in total. The summed E-state index contributed by atoms with van der Waals surface area (Å²) in [5.41, 5.74) is 0.545. The maximum absolute atomic E-state index is 14.0. The van der Waals surface area contributed by atoms with Gasteiger partial charge in [-0.25, -0.2) is 4.39 Å². The second kappa shape index (κ2) is 5.70. The molecule has 1 aliphatic rings. The number of rotatable bonds is 2. The lowest BCUT2D eigenvalue weighted by Gasteiger charge is -2.35. The lowest BCUT2D eigenvalue weighted by molar-refractivity contribution is 0.0265. The number of carbonyl (C=O) groups excluding carboxylic acids is 1. The van der Waals surface area contributed by atoms with E-state index < -0.39 is 11.9 Å². The molecule has 1 aliphatic carbocycles. The van der Waals surface area contributed by atoms with Crippen LogP contribution in [0.4, 0.5) is 4.39 Å². The number of nitrogens with zero attached hydrogens (tertiary/aromatic N) is 1. The Kier molecular flexibility index (Phi) is 4.20. The summed E-state index contributed by atoms with van der Waals surface area (Å²) in [4.78, 5) is 13.8. The van der Waals surface area contributed by atoms with Crippen molar-refractivity contribution in [2.45, 2.75) is 44.8 Å². The first-order chi connectivity index (χ1) is 9.02. The molecule has 1 amide bonds.